The molecular formula is C39H49N4O11PSi. The Kier molecular flexibility index (Phi) is 11.3. The predicted molar refractivity (Wildman–Crippen MR) is 210 cm³/mol. The van der Waals surface area contributed by atoms with Crippen molar-refractivity contribution >= 4 is 26.3 Å². The van der Waals surface area contributed by atoms with Crippen LogP contribution in [0.15, 0.2) is 92.2 Å². The quantitative estimate of drug-likeness (QED) is 0.158. The van der Waals surface area contributed by atoms with Crippen molar-refractivity contribution in [2.75, 3.05) is 12.8 Å². The third-order valence-corrected chi connectivity index (χ3v) is 18.1. The Balaban J connectivity index is 1.23. The number of nitrogens with one attached hydrogen (secondary N) is 2. The average Bonchev–Trinajstić information content (AvgIpc) is 3.77. The van der Waals surface area contributed by atoms with Crippen molar-refractivity contribution in [1.82, 2.24) is 19.1 Å². The van der Waals surface area contributed by atoms with Crippen molar-refractivity contribution in [2.45, 2.75) is 108 Å². The minimum Gasteiger partial charge on any atom is -0.402 e. The van der Waals surface area contributed by atoms with Crippen LogP contribution in [0.2, 0.25) is 5.04 Å². The normalized spacial score (nSPS) is 28.4. The number of hydrogen-bond acceptors (Lipinski definition) is 11. The fourth-order valence-electron chi connectivity index (χ4n) is 8.25. The third-order valence-electron chi connectivity index (χ3n) is 11.0. The first kappa shape index (κ1) is 40.2. The van der Waals surface area contributed by atoms with Crippen LogP contribution < -0.4 is 32.9 Å². The zero-order valence-electron chi connectivity index (χ0n) is 32.1. The van der Waals surface area contributed by atoms with Crippen LogP contribution in [-0.2, 0) is 27.5 Å². The number of aliphatic hydroxyl groups excluding tert-OH is 1. The van der Waals surface area contributed by atoms with Crippen LogP contribution in [0.4, 0.5) is 0 Å². The molecule has 300 valence electrons. The Bertz CT molecular complexity index is 2280. The Morgan fingerprint density at radius 1 is 0.821 bits per heavy atom. The van der Waals surface area contributed by atoms with Crippen LogP contribution in [-0.4, -0.2) is 75.8 Å². The standard InChI is InChI=1S/C39H49N4O11PSi/c1-24-21-42(37(47)40-35(24)45)32-19-29(31(23-44)50-32)53-55(49)18-12-17-28(52-55)34-30(20-33(51-34)43-22-25(2)36(46)41-38(43)48)54-56(39(3,4)5,26-13-8-6-9-14-26)27-15-10-7-11-16-27/h6-11,13-16,21-22,28-34,44H,12,17-20,23H2,1-5H3,(H,40,45,47)(H,41,46,48)/t28-,29-,30-,31+,32+,33+,34+,55-/m0/s1. The SMILES string of the molecule is Cc1cn([C@H]2C[C@H](O[Si](c3ccccc3)(c3ccccc3)C(C)(C)C)[C@@H]([C@@H]3CCC[P@@](=O)(O[C@H]4C[C@H](n5cc(C)c(=O)[nH]c5=O)O[C@@H]4CO)O3)O2)c(=O)[nH]c1=O. The maximum atomic E-state index is 14.6. The molecule has 0 aliphatic carbocycles. The molecule has 0 radical (unpaired) electrons. The van der Waals surface area contributed by atoms with Gasteiger partial charge in [-0.3, -0.25) is 33.3 Å². The summed E-state index contributed by atoms with van der Waals surface area (Å²) < 4.78 is 50.2. The van der Waals surface area contributed by atoms with Gasteiger partial charge in [0, 0.05) is 36.4 Å². The van der Waals surface area contributed by atoms with E-state index in [1.807, 2.05) is 36.4 Å². The summed E-state index contributed by atoms with van der Waals surface area (Å²) in [5.41, 5.74) is -1.68. The summed E-state index contributed by atoms with van der Waals surface area (Å²) in [4.78, 5) is 54.9. The van der Waals surface area contributed by atoms with E-state index >= 15 is 0 Å². The number of rotatable bonds is 10. The summed E-state index contributed by atoms with van der Waals surface area (Å²) in [5, 5.41) is 11.9. The Morgan fingerprint density at radius 3 is 1.86 bits per heavy atom. The van der Waals surface area contributed by atoms with Crippen molar-refractivity contribution in [1.29, 1.82) is 0 Å². The molecule has 0 saturated carbocycles. The highest BCUT2D eigenvalue weighted by Gasteiger charge is 2.56. The monoisotopic (exact) mass is 808 g/mol. The third kappa shape index (κ3) is 7.69. The van der Waals surface area contributed by atoms with Gasteiger partial charge >= 0.3 is 19.0 Å². The number of ether oxygens (including phenoxy) is 2. The molecule has 2 aromatic carbocycles. The van der Waals surface area contributed by atoms with Crippen LogP contribution in [0.25, 0.3) is 0 Å². The summed E-state index contributed by atoms with van der Waals surface area (Å²) in [6, 6.07) is 20.2. The van der Waals surface area contributed by atoms with E-state index in [9.17, 15) is 28.8 Å². The highest BCUT2D eigenvalue weighted by molar-refractivity contribution is 7.53. The molecule has 3 saturated heterocycles. The van der Waals surface area contributed by atoms with Gasteiger partial charge in [0.1, 0.15) is 24.7 Å². The highest BCUT2D eigenvalue weighted by Crippen LogP contribution is 2.58. The fourth-order valence-corrected chi connectivity index (χ4v) is 15.1. The summed E-state index contributed by atoms with van der Waals surface area (Å²) in [5.74, 6) is 0. The lowest BCUT2D eigenvalue weighted by molar-refractivity contribution is -0.0850. The lowest BCUT2D eigenvalue weighted by Gasteiger charge is -2.46. The second kappa shape index (κ2) is 15.7. The van der Waals surface area contributed by atoms with Crippen molar-refractivity contribution in [3.8, 4) is 0 Å². The minimum absolute atomic E-state index is 0.0602. The highest BCUT2D eigenvalue weighted by atomic mass is 31.2. The lowest BCUT2D eigenvalue weighted by Crippen LogP contribution is -2.68. The van der Waals surface area contributed by atoms with Crippen molar-refractivity contribution in [3.63, 3.8) is 0 Å². The molecule has 15 nitrogen and oxygen atoms in total. The number of hydrogen-bond donors (Lipinski definition) is 3. The van der Waals surface area contributed by atoms with Gasteiger partial charge in [0.2, 0.25) is 0 Å². The minimum atomic E-state index is -3.89. The number of aliphatic hydroxyl groups is 1. The van der Waals surface area contributed by atoms with Gasteiger partial charge in [0.15, 0.2) is 0 Å². The number of nitrogens with zero attached hydrogens (tertiary/aromatic N) is 2. The molecule has 5 heterocycles. The molecule has 17 heteroatoms. The number of aryl methyl sites for hydroxylation is 2. The molecule has 0 amide bonds. The molecule has 7 rings (SSSR count). The number of benzene rings is 2. The number of aromatic amines is 2. The predicted octanol–water partition coefficient (Wildman–Crippen LogP) is 2.97. The number of aromatic nitrogens is 4. The first-order chi connectivity index (χ1) is 26.6. The molecule has 3 aliphatic heterocycles. The molecule has 0 unspecified atom stereocenters. The Hall–Kier alpha value is -3.99. The van der Waals surface area contributed by atoms with E-state index in [4.69, 9.17) is 22.9 Å². The van der Waals surface area contributed by atoms with Gasteiger partial charge in [-0.05, 0) is 42.1 Å². The zero-order valence-corrected chi connectivity index (χ0v) is 34.0. The van der Waals surface area contributed by atoms with E-state index in [0.29, 0.717) is 24.0 Å². The fraction of sp³-hybridized carbons (Fsp3) is 0.487. The summed E-state index contributed by atoms with van der Waals surface area (Å²) >= 11 is 0. The molecular weight excluding hydrogens is 760 g/mol. The van der Waals surface area contributed by atoms with Gasteiger partial charge in [-0.2, -0.15) is 0 Å². The molecule has 0 bridgehead atoms. The van der Waals surface area contributed by atoms with Gasteiger partial charge in [0.25, 0.3) is 19.4 Å². The van der Waals surface area contributed by atoms with E-state index in [1.165, 1.54) is 21.5 Å². The van der Waals surface area contributed by atoms with E-state index in [2.05, 4.69) is 55.0 Å². The summed E-state index contributed by atoms with van der Waals surface area (Å²) in [6.07, 6.45) is -1.71. The molecule has 56 heavy (non-hydrogen) atoms. The maximum Gasteiger partial charge on any atom is 0.331 e. The molecule has 3 N–H and O–H groups in total. The van der Waals surface area contributed by atoms with E-state index in [1.54, 1.807) is 13.8 Å². The van der Waals surface area contributed by atoms with Crippen LogP contribution >= 0.6 is 7.60 Å². The van der Waals surface area contributed by atoms with Crippen LogP contribution in [0.5, 0.6) is 0 Å². The van der Waals surface area contributed by atoms with Gasteiger partial charge in [0.05, 0.1) is 31.1 Å². The molecule has 2 aromatic heterocycles. The van der Waals surface area contributed by atoms with Crippen LogP contribution in [0.1, 0.15) is 70.0 Å². The smallest absolute Gasteiger partial charge is 0.331 e. The van der Waals surface area contributed by atoms with Gasteiger partial charge in [-0.15, -0.1) is 0 Å². The molecule has 0 spiro atoms. The molecule has 8 atom stereocenters. The Labute approximate surface area is 324 Å². The van der Waals surface area contributed by atoms with Crippen molar-refractivity contribution in [2.24, 2.45) is 0 Å². The molecule has 4 aromatic rings. The van der Waals surface area contributed by atoms with Gasteiger partial charge < -0.3 is 28.1 Å². The van der Waals surface area contributed by atoms with Gasteiger partial charge in [-0.25, -0.2) is 9.59 Å². The zero-order chi connectivity index (χ0) is 40.0. The maximum absolute atomic E-state index is 14.6. The topological polar surface area (TPSA) is 193 Å². The van der Waals surface area contributed by atoms with Gasteiger partial charge in [-0.1, -0.05) is 81.4 Å². The molecule has 3 fully saturated rings. The second-order valence-electron chi connectivity index (χ2n) is 15.9. The van der Waals surface area contributed by atoms with E-state index < -0.39 is 93.0 Å². The largest absolute Gasteiger partial charge is 0.402 e. The second-order valence-corrected chi connectivity index (χ2v) is 22.2. The Morgan fingerprint density at radius 2 is 1.34 bits per heavy atom. The summed E-state index contributed by atoms with van der Waals surface area (Å²) in [6.45, 7) is 9.18. The number of H-pyrrole nitrogens is 2. The van der Waals surface area contributed by atoms with Crippen LogP contribution in [0, 0.1) is 13.8 Å². The first-order valence-corrected chi connectivity index (χ1v) is 22.6. The average molecular weight is 809 g/mol. The first-order valence-electron chi connectivity index (χ1n) is 18.9. The van der Waals surface area contributed by atoms with Crippen molar-refractivity contribution in [3.05, 3.63) is 126 Å². The van der Waals surface area contributed by atoms with E-state index in [-0.39, 0.29) is 19.0 Å². The lowest BCUT2D eigenvalue weighted by atomic mass is 10.0. The summed E-state index contributed by atoms with van der Waals surface area (Å²) in [7, 11) is -7.08. The molecule has 3 aliphatic rings. The van der Waals surface area contributed by atoms with E-state index in [0.717, 1.165) is 10.4 Å². The van der Waals surface area contributed by atoms with Crippen molar-refractivity contribution < 1.29 is 32.6 Å². The van der Waals surface area contributed by atoms with Crippen LogP contribution in [0.3, 0.4) is 0 Å².